The molecule has 0 aliphatic carbocycles. The summed E-state index contributed by atoms with van der Waals surface area (Å²) in [5, 5.41) is 8.76. The molecule has 2 rings (SSSR count). The lowest BCUT2D eigenvalue weighted by Gasteiger charge is -2.33. The average molecular weight is 305 g/mol. The zero-order valence-corrected chi connectivity index (χ0v) is 13.3. The van der Waals surface area contributed by atoms with Crippen molar-refractivity contribution in [3.8, 4) is 0 Å². The van der Waals surface area contributed by atoms with Crippen LogP contribution in [0.25, 0.3) is 6.08 Å². The predicted molar refractivity (Wildman–Crippen MR) is 87.5 cm³/mol. The number of hydrogen-bond donors (Lipinski definition) is 1. The first-order valence-corrected chi connectivity index (χ1v) is 7.45. The summed E-state index contributed by atoms with van der Waals surface area (Å²) < 4.78 is 5.40. The van der Waals surface area contributed by atoms with Crippen molar-refractivity contribution in [3.63, 3.8) is 0 Å². The molecular weight excluding hydrogens is 282 g/mol. The highest BCUT2D eigenvalue weighted by molar-refractivity contribution is 5.85. The summed E-state index contributed by atoms with van der Waals surface area (Å²) in [4.78, 5) is 19.6. The Bertz CT molecular complexity index is 552. The van der Waals surface area contributed by atoms with Gasteiger partial charge in [-0.3, -0.25) is 0 Å². The van der Waals surface area contributed by atoms with E-state index in [2.05, 4.69) is 28.6 Å². The van der Waals surface area contributed by atoms with Crippen LogP contribution in [0.3, 0.4) is 0 Å². The van der Waals surface area contributed by atoms with E-state index in [1.807, 2.05) is 13.1 Å². The maximum absolute atomic E-state index is 10.7. The third kappa shape index (κ3) is 3.98. The first-order chi connectivity index (χ1) is 10.5. The highest BCUT2D eigenvalue weighted by atomic mass is 16.5. The lowest BCUT2D eigenvalue weighted by atomic mass is 10.2. The van der Waals surface area contributed by atoms with Crippen LogP contribution < -0.4 is 9.80 Å². The van der Waals surface area contributed by atoms with E-state index < -0.39 is 5.97 Å². The first kappa shape index (κ1) is 16.3. The van der Waals surface area contributed by atoms with Gasteiger partial charge in [0.2, 0.25) is 0 Å². The first-order valence-electron chi connectivity index (χ1n) is 7.45. The minimum Gasteiger partial charge on any atom is -0.478 e. The number of morpholine rings is 1. The summed E-state index contributed by atoms with van der Waals surface area (Å²) in [6.07, 6.45) is 4.41. The van der Waals surface area contributed by atoms with Crippen LogP contribution in [0.15, 0.2) is 18.3 Å². The van der Waals surface area contributed by atoms with Crippen molar-refractivity contribution >= 4 is 23.6 Å². The van der Waals surface area contributed by atoms with Gasteiger partial charge >= 0.3 is 5.97 Å². The Hall–Kier alpha value is -2.08. The van der Waals surface area contributed by atoms with E-state index in [-0.39, 0.29) is 0 Å². The normalized spacial score (nSPS) is 15.5. The molecule has 6 nitrogen and oxygen atoms in total. The molecule has 1 saturated heterocycles. The quantitative estimate of drug-likeness (QED) is 0.838. The van der Waals surface area contributed by atoms with Crippen LogP contribution in [0.2, 0.25) is 0 Å². The fourth-order valence-electron chi connectivity index (χ4n) is 2.28. The standard InChI is InChI=1S/C16H23N3O3/c1-12(2)18(3)14-10-13(4-5-15(20)21)11-17-16(14)19-6-8-22-9-7-19/h4-5,10-12H,6-9H2,1-3H3,(H,20,21)/b5-4+. The van der Waals surface area contributed by atoms with Crippen LogP contribution in [0.5, 0.6) is 0 Å². The van der Waals surface area contributed by atoms with Crippen molar-refractivity contribution in [2.24, 2.45) is 0 Å². The molecular formula is C16H23N3O3. The molecule has 0 saturated carbocycles. The number of rotatable bonds is 5. The van der Waals surface area contributed by atoms with Crippen LogP contribution in [0.1, 0.15) is 19.4 Å². The van der Waals surface area contributed by atoms with Gasteiger partial charge in [0.05, 0.1) is 18.9 Å². The van der Waals surface area contributed by atoms with E-state index in [0.29, 0.717) is 19.3 Å². The number of hydrogen-bond acceptors (Lipinski definition) is 5. The Balaban J connectivity index is 2.37. The molecule has 1 aromatic heterocycles. The minimum absolute atomic E-state index is 0.320. The Labute approximate surface area is 131 Å². The summed E-state index contributed by atoms with van der Waals surface area (Å²) in [6, 6.07) is 2.30. The van der Waals surface area contributed by atoms with Gasteiger partial charge in [-0.05, 0) is 31.6 Å². The topological polar surface area (TPSA) is 65.9 Å². The van der Waals surface area contributed by atoms with Gasteiger partial charge in [-0.25, -0.2) is 9.78 Å². The van der Waals surface area contributed by atoms with Crippen LogP contribution >= 0.6 is 0 Å². The van der Waals surface area contributed by atoms with Crippen molar-refractivity contribution in [1.82, 2.24) is 4.98 Å². The number of carbonyl (C=O) groups is 1. The van der Waals surface area contributed by atoms with Crippen molar-refractivity contribution in [3.05, 3.63) is 23.9 Å². The molecule has 0 bridgehead atoms. The number of nitrogens with zero attached hydrogens (tertiary/aromatic N) is 3. The molecule has 0 aromatic carbocycles. The van der Waals surface area contributed by atoms with E-state index in [4.69, 9.17) is 9.84 Å². The summed E-state index contributed by atoms with van der Waals surface area (Å²) in [5.41, 5.74) is 1.78. The van der Waals surface area contributed by atoms with Crippen molar-refractivity contribution in [2.45, 2.75) is 19.9 Å². The van der Waals surface area contributed by atoms with Gasteiger partial charge in [-0.2, -0.15) is 0 Å². The van der Waals surface area contributed by atoms with Gasteiger partial charge in [0.15, 0.2) is 5.82 Å². The maximum atomic E-state index is 10.7. The maximum Gasteiger partial charge on any atom is 0.328 e. The molecule has 22 heavy (non-hydrogen) atoms. The second-order valence-corrected chi connectivity index (χ2v) is 5.59. The second-order valence-electron chi connectivity index (χ2n) is 5.59. The third-order valence-corrected chi connectivity index (χ3v) is 3.75. The Morgan fingerprint density at radius 3 is 2.73 bits per heavy atom. The molecule has 6 heteroatoms. The van der Waals surface area contributed by atoms with E-state index in [9.17, 15) is 4.79 Å². The lowest BCUT2D eigenvalue weighted by molar-refractivity contribution is -0.131. The van der Waals surface area contributed by atoms with Crippen LogP contribution in [0.4, 0.5) is 11.5 Å². The average Bonchev–Trinajstić information content (AvgIpc) is 2.52. The summed E-state index contributed by atoms with van der Waals surface area (Å²) in [7, 11) is 2.02. The summed E-state index contributed by atoms with van der Waals surface area (Å²) >= 11 is 0. The molecule has 1 fully saturated rings. The number of aromatic nitrogens is 1. The number of pyridine rings is 1. The largest absolute Gasteiger partial charge is 0.478 e. The Kier molecular flexibility index (Phi) is 5.38. The summed E-state index contributed by atoms with van der Waals surface area (Å²) in [5.74, 6) is -0.0389. The highest BCUT2D eigenvalue weighted by Gasteiger charge is 2.19. The smallest absolute Gasteiger partial charge is 0.328 e. The number of ether oxygens (including phenoxy) is 1. The van der Waals surface area contributed by atoms with Gasteiger partial charge in [0.1, 0.15) is 0 Å². The Morgan fingerprint density at radius 1 is 1.45 bits per heavy atom. The van der Waals surface area contributed by atoms with Gasteiger partial charge in [-0.15, -0.1) is 0 Å². The number of carboxylic acid groups (broad SMARTS) is 1. The lowest BCUT2D eigenvalue weighted by Crippen LogP contribution is -2.38. The number of anilines is 2. The molecule has 120 valence electrons. The predicted octanol–water partition coefficient (Wildman–Crippen LogP) is 1.86. The molecule has 0 amide bonds. The summed E-state index contributed by atoms with van der Waals surface area (Å²) in [6.45, 7) is 7.26. The highest BCUT2D eigenvalue weighted by Crippen LogP contribution is 2.29. The monoisotopic (exact) mass is 305 g/mol. The molecule has 0 unspecified atom stereocenters. The zero-order chi connectivity index (χ0) is 16.1. The molecule has 2 heterocycles. The van der Waals surface area contributed by atoms with Crippen LogP contribution in [0, 0.1) is 0 Å². The third-order valence-electron chi connectivity index (χ3n) is 3.75. The van der Waals surface area contributed by atoms with E-state index in [1.54, 1.807) is 12.3 Å². The van der Waals surface area contributed by atoms with Gasteiger partial charge in [0.25, 0.3) is 0 Å². The molecule has 1 aliphatic heterocycles. The van der Waals surface area contributed by atoms with E-state index in [0.717, 1.165) is 36.2 Å². The van der Waals surface area contributed by atoms with Crippen molar-refractivity contribution in [1.29, 1.82) is 0 Å². The fraction of sp³-hybridized carbons (Fsp3) is 0.500. The molecule has 1 aliphatic rings. The molecule has 1 aromatic rings. The van der Waals surface area contributed by atoms with Crippen molar-refractivity contribution in [2.75, 3.05) is 43.2 Å². The molecule has 0 atom stereocenters. The van der Waals surface area contributed by atoms with Gasteiger partial charge < -0.3 is 19.6 Å². The van der Waals surface area contributed by atoms with Gasteiger partial charge in [0, 0.05) is 38.5 Å². The molecule has 0 radical (unpaired) electrons. The number of carboxylic acids is 1. The van der Waals surface area contributed by atoms with E-state index in [1.165, 1.54) is 0 Å². The van der Waals surface area contributed by atoms with Crippen LogP contribution in [-0.2, 0) is 9.53 Å². The SMILES string of the molecule is CC(C)N(C)c1cc(/C=C/C(=O)O)cnc1N1CCOCC1. The van der Waals surface area contributed by atoms with Gasteiger partial charge in [-0.1, -0.05) is 0 Å². The second kappa shape index (κ2) is 7.26. The van der Waals surface area contributed by atoms with E-state index >= 15 is 0 Å². The van der Waals surface area contributed by atoms with Crippen molar-refractivity contribution < 1.29 is 14.6 Å². The Morgan fingerprint density at radius 2 is 2.14 bits per heavy atom. The molecule has 0 spiro atoms. The molecule has 1 N–H and O–H groups in total. The zero-order valence-electron chi connectivity index (χ0n) is 13.3. The minimum atomic E-state index is -0.962. The van der Waals surface area contributed by atoms with Crippen LogP contribution in [-0.4, -0.2) is 55.5 Å². The fourth-order valence-corrected chi connectivity index (χ4v) is 2.28. The number of aliphatic carboxylic acids is 1.